The molecule has 132 valence electrons. The molecule has 26 heavy (non-hydrogen) atoms. The monoisotopic (exact) mass is 344 g/mol. The first-order chi connectivity index (χ1) is 12.6. The molecule has 2 N–H and O–H groups in total. The molecular formula is C23H24N2O. The highest BCUT2D eigenvalue weighted by molar-refractivity contribution is 6.07. The molecule has 1 heterocycles. The Balaban J connectivity index is 1.58. The van der Waals surface area contributed by atoms with E-state index >= 15 is 0 Å². The maximum absolute atomic E-state index is 10.7. The SMILES string of the molecule is Cc1cc(C)cc(NC[C@@H](O)Cn2c3ccccc3c3ccccc32)c1. The van der Waals surface area contributed by atoms with Crippen LogP contribution in [0.5, 0.6) is 0 Å². The Bertz CT molecular complexity index is 991. The second-order valence-electron chi connectivity index (χ2n) is 7.06. The molecule has 3 aromatic carbocycles. The van der Waals surface area contributed by atoms with Crippen LogP contribution in [0.4, 0.5) is 5.69 Å². The van der Waals surface area contributed by atoms with E-state index in [1.165, 1.54) is 32.9 Å². The van der Waals surface area contributed by atoms with Gasteiger partial charge in [0.25, 0.3) is 0 Å². The number of fused-ring (bicyclic) bond motifs is 3. The van der Waals surface area contributed by atoms with Crippen LogP contribution >= 0.6 is 0 Å². The van der Waals surface area contributed by atoms with Gasteiger partial charge >= 0.3 is 0 Å². The minimum atomic E-state index is -0.477. The normalized spacial score (nSPS) is 12.6. The zero-order valence-electron chi connectivity index (χ0n) is 15.2. The van der Waals surface area contributed by atoms with Gasteiger partial charge < -0.3 is 15.0 Å². The maximum Gasteiger partial charge on any atom is 0.0891 e. The van der Waals surface area contributed by atoms with Crippen LogP contribution in [0.25, 0.3) is 21.8 Å². The lowest BCUT2D eigenvalue weighted by Crippen LogP contribution is -2.24. The molecular weight excluding hydrogens is 320 g/mol. The number of rotatable bonds is 5. The lowest BCUT2D eigenvalue weighted by molar-refractivity contribution is 0.169. The summed E-state index contributed by atoms with van der Waals surface area (Å²) in [4.78, 5) is 0. The minimum Gasteiger partial charge on any atom is -0.389 e. The fourth-order valence-corrected chi connectivity index (χ4v) is 3.79. The molecule has 0 aliphatic carbocycles. The molecule has 0 fully saturated rings. The summed E-state index contributed by atoms with van der Waals surface area (Å²) >= 11 is 0. The van der Waals surface area contributed by atoms with E-state index in [0.29, 0.717) is 13.1 Å². The predicted molar refractivity (Wildman–Crippen MR) is 110 cm³/mol. The summed E-state index contributed by atoms with van der Waals surface area (Å²) < 4.78 is 2.22. The lowest BCUT2D eigenvalue weighted by Gasteiger charge is -2.16. The Morgan fingerprint density at radius 3 is 1.96 bits per heavy atom. The van der Waals surface area contributed by atoms with E-state index in [9.17, 15) is 5.11 Å². The molecule has 4 aromatic rings. The zero-order valence-corrected chi connectivity index (χ0v) is 15.2. The molecule has 0 radical (unpaired) electrons. The summed E-state index contributed by atoms with van der Waals surface area (Å²) in [5.41, 5.74) is 5.84. The number of anilines is 1. The quantitative estimate of drug-likeness (QED) is 0.541. The van der Waals surface area contributed by atoms with Crippen molar-refractivity contribution in [2.24, 2.45) is 0 Å². The number of aryl methyl sites for hydroxylation is 2. The van der Waals surface area contributed by atoms with Gasteiger partial charge in [-0.15, -0.1) is 0 Å². The van der Waals surface area contributed by atoms with Crippen LogP contribution in [0.15, 0.2) is 66.7 Å². The number of para-hydroxylation sites is 2. The Hall–Kier alpha value is -2.78. The average Bonchev–Trinajstić information content (AvgIpc) is 2.94. The molecule has 0 unspecified atom stereocenters. The van der Waals surface area contributed by atoms with Crippen molar-refractivity contribution in [3.8, 4) is 0 Å². The van der Waals surface area contributed by atoms with E-state index in [0.717, 1.165) is 5.69 Å². The van der Waals surface area contributed by atoms with Crippen molar-refractivity contribution in [3.05, 3.63) is 77.9 Å². The second kappa shape index (κ2) is 6.85. The van der Waals surface area contributed by atoms with Gasteiger partial charge in [0.2, 0.25) is 0 Å². The van der Waals surface area contributed by atoms with Crippen LogP contribution < -0.4 is 5.32 Å². The van der Waals surface area contributed by atoms with Gasteiger partial charge in [0.05, 0.1) is 12.6 Å². The van der Waals surface area contributed by atoms with Crippen molar-refractivity contribution in [1.82, 2.24) is 4.57 Å². The summed E-state index contributed by atoms with van der Waals surface area (Å²) in [6, 6.07) is 23.2. The number of hydrogen-bond donors (Lipinski definition) is 2. The van der Waals surface area contributed by atoms with Crippen LogP contribution in [0.3, 0.4) is 0 Å². The first kappa shape index (κ1) is 16.7. The molecule has 3 nitrogen and oxygen atoms in total. The Labute approximate surface area is 153 Å². The molecule has 4 rings (SSSR count). The van der Waals surface area contributed by atoms with Crippen molar-refractivity contribution in [1.29, 1.82) is 0 Å². The minimum absolute atomic E-state index is 0.477. The highest BCUT2D eigenvalue weighted by Crippen LogP contribution is 2.28. The smallest absolute Gasteiger partial charge is 0.0891 e. The van der Waals surface area contributed by atoms with Crippen molar-refractivity contribution < 1.29 is 5.11 Å². The fourth-order valence-electron chi connectivity index (χ4n) is 3.79. The third-order valence-corrected chi connectivity index (χ3v) is 4.84. The number of benzene rings is 3. The van der Waals surface area contributed by atoms with E-state index in [2.05, 4.69) is 90.5 Å². The fraction of sp³-hybridized carbons (Fsp3) is 0.217. The van der Waals surface area contributed by atoms with Gasteiger partial charge in [0.1, 0.15) is 0 Å². The summed E-state index contributed by atoms with van der Waals surface area (Å²) in [5.74, 6) is 0. The van der Waals surface area contributed by atoms with Gasteiger partial charge in [-0.3, -0.25) is 0 Å². The summed E-state index contributed by atoms with van der Waals surface area (Å²) in [6.45, 7) is 5.26. The molecule has 3 heteroatoms. The third kappa shape index (κ3) is 3.18. The van der Waals surface area contributed by atoms with E-state index in [1.54, 1.807) is 0 Å². The lowest BCUT2D eigenvalue weighted by atomic mass is 10.1. The molecule has 0 aliphatic heterocycles. The largest absolute Gasteiger partial charge is 0.389 e. The molecule has 1 aromatic heterocycles. The maximum atomic E-state index is 10.7. The predicted octanol–water partition coefficient (Wildman–Crippen LogP) is 4.88. The van der Waals surface area contributed by atoms with Gasteiger partial charge in [-0.05, 0) is 49.2 Å². The van der Waals surface area contributed by atoms with Crippen molar-refractivity contribution >= 4 is 27.5 Å². The first-order valence-electron chi connectivity index (χ1n) is 9.08. The molecule has 0 aliphatic rings. The molecule has 0 amide bonds. The van der Waals surface area contributed by atoms with E-state index in [-0.39, 0.29) is 0 Å². The highest BCUT2D eigenvalue weighted by Gasteiger charge is 2.13. The Morgan fingerprint density at radius 1 is 0.846 bits per heavy atom. The van der Waals surface area contributed by atoms with Gasteiger partial charge in [-0.2, -0.15) is 0 Å². The van der Waals surface area contributed by atoms with Crippen LogP contribution in [0.2, 0.25) is 0 Å². The van der Waals surface area contributed by atoms with Crippen LogP contribution in [-0.2, 0) is 6.54 Å². The first-order valence-corrected chi connectivity index (χ1v) is 9.08. The van der Waals surface area contributed by atoms with Gasteiger partial charge in [0, 0.05) is 34.0 Å². The molecule has 0 spiro atoms. The second-order valence-corrected chi connectivity index (χ2v) is 7.06. The van der Waals surface area contributed by atoms with Crippen LogP contribution in [-0.4, -0.2) is 22.3 Å². The topological polar surface area (TPSA) is 37.2 Å². The van der Waals surface area contributed by atoms with Crippen molar-refractivity contribution in [3.63, 3.8) is 0 Å². The van der Waals surface area contributed by atoms with E-state index in [1.807, 2.05) is 0 Å². The number of hydrogen-bond acceptors (Lipinski definition) is 2. The van der Waals surface area contributed by atoms with E-state index < -0.39 is 6.10 Å². The van der Waals surface area contributed by atoms with Crippen molar-refractivity contribution in [2.75, 3.05) is 11.9 Å². The molecule has 0 bridgehead atoms. The number of nitrogens with zero attached hydrogens (tertiary/aromatic N) is 1. The van der Waals surface area contributed by atoms with E-state index in [4.69, 9.17) is 0 Å². The van der Waals surface area contributed by atoms with Gasteiger partial charge in [-0.25, -0.2) is 0 Å². The average molecular weight is 344 g/mol. The summed E-state index contributed by atoms with van der Waals surface area (Å²) in [6.07, 6.45) is -0.477. The van der Waals surface area contributed by atoms with Gasteiger partial charge in [-0.1, -0.05) is 42.5 Å². The zero-order chi connectivity index (χ0) is 18.1. The number of nitrogens with one attached hydrogen (secondary N) is 1. The number of aliphatic hydroxyl groups excluding tert-OH is 1. The standard InChI is InChI=1S/C23H24N2O/c1-16-11-17(2)13-18(12-16)24-14-19(26)15-25-22-9-5-3-7-20(22)21-8-4-6-10-23(21)25/h3-13,19,24,26H,14-15H2,1-2H3/t19-/m1/s1. The number of aliphatic hydroxyl groups is 1. The Kier molecular flexibility index (Phi) is 4.39. The summed E-state index contributed by atoms with van der Waals surface area (Å²) in [5, 5.41) is 16.5. The van der Waals surface area contributed by atoms with Crippen LogP contribution in [0, 0.1) is 13.8 Å². The Morgan fingerprint density at radius 2 is 1.38 bits per heavy atom. The molecule has 0 saturated carbocycles. The third-order valence-electron chi connectivity index (χ3n) is 4.84. The molecule has 1 atom stereocenters. The van der Waals surface area contributed by atoms with Crippen molar-refractivity contribution in [2.45, 2.75) is 26.5 Å². The molecule has 0 saturated heterocycles. The van der Waals surface area contributed by atoms with Gasteiger partial charge in [0.15, 0.2) is 0 Å². The highest BCUT2D eigenvalue weighted by atomic mass is 16.3. The summed E-state index contributed by atoms with van der Waals surface area (Å²) in [7, 11) is 0. The van der Waals surface area contributed by atoms with Crippen LogP contribution in [0.1, 0.15) is 11.1 Å². The number of aromatic nitrogens is 1.